The molecule has 3 rings (SSSR count). The largest absolute Gasteiger partial charge is 0.497 e. The molecule has 3 aromatic rings. The standard InChI is InChI=1S/C23H24N2O4S/c1-3-21(17-13-15-18(29-2)16-14-17)24-23(26)20-11-7-8-12-22(20)25-30(27,28)19-9-5-4-6-10-19/h4-16,21,25H,3H2,1-2H3,(H,24,26)/t21-/m1/s1. The number of benzene rings is 3. The Kier molecular flexibility index (Phi) is 6.74. The van der Waals surface area contributed by atoms with Gasteiger partial charge in [-0.1, -0.05) is 49.4 Å². The number of nitrogens with one attached hydrogen (secondary N) is 2. The second-order valence-electron chi connectivity index (χ2n) is 6.67. The van der Waals surface area contributed by atoms with Crippen molar-refractivity contribution in [3.63, 3.8) is 0 Å². The minimum absolute atomic E-state index is 0.130. The first-order chi connectivity index (χ1) is 14.4. The Balaban J connectivity index is 1.82. The van der Waals surface area contributed by atoms with Gasteiger partial charge < -0.3 is 10.1 Å². The monoisotopic (exact) mass is 424 g/mol. The number of hydrogen-bond acceptors (Lipinski definition) is 4. The molecule has 3 aromatic carbocycles. The van der Waals surface area contributed by atoms with Crippen molar-refractivity contribution in [3.05, 3.63) is 90.0 Å². The number of para-hydroxylation sites is 1. The Morgan fingerprint density at radius 3 is 2.20 bits per heavy atom. The van der Waals surface area contributed by atoms with Crippen LogP contribution in [0.25, 0.3) is 0 Å². The van der Waals surface area contributed by atoms with E-state index in [4.69, 9.17) is 4.74 Å². The van der Waals surface area contributed by atoms with Crippen molar-refractivity contribution >= 4 is 21.6 Å². The van der Waals surface area contributed by atoms with Crippen LogP contribution in [0.3, 0.4) is 0 Å². The van der Waals surface area contributed by atoms with Gasteiger partial charge in [0.25, 0.3) is 15.9 Å². The average Bonchev–Trinajstić information content (AvgIpc) is 2.78. The lowest BCUT2D eigenvalue weighted by atomic mass is 10.0. The molecule has 1 atom stereocenters. The zero-order valence-corrected chi connectivity index (χ0v) is 17.6. The average molecular weight is 425 g/mol. The van der Waals surface area contributed by atoms with Gasteiger partial charge in [0.05, 0.1) is 29.3 Å². The molecular formula is C23H24N2O4S. The van der Waals surface area contributed by atoms with E-state index in [-0.39, 0.29) is 28.1 Å². The number of rotatable bonds is 8. The van der Waals surface area contributed by atoms with Gasteiger partial charge in [0.1, 0.15) is 5.75 Å². The number of amides is 1. The number of anilines is 1. The lowest BCUT2D eigenvalue weighted by molar-refractivity contribution is 0.0936. The molecule has 0 saturated heterocycles. The van der Waals surface area contributed by atoms with E-state index in [0.717, 1.165) is 11.3 Å². The predicted octanol–water partition coefficient (Wildman–Crippen LogP) is 4.38. The fourth-order valence-electron chi connectivity index (χ4n) is 3.07. The number of sulfonamides is 1. The summed E-state index contributed by atoms with van der Waals surface area (Å²) in [5.74, 6) is 0.379. The van der Waals surface area contributed by atoms with Crippen LogP contribution in [0.15, 0.2) is 83.8 Å². The molecule has 0 bridgehead atoms. The van der Waals surface area contributed by atoms with Crippen LogP contribution in [0.1, 0.15) is 35.3 Å². The molecule has 7 heteroatoms. The van der Waals surface area contributed by atoms with E-state index < -0.39 is 10.0 Å². The molecule has 0 unspecified atom stereocenters. The quantitative estimate of drug-likeness (QED) is 0.562. The van der Waals surface area contributed by atoms with Crippen LogP contribution in [0.2, 0.25) is 0 Å². The molecule has 0 fully saturated rings. The maximum absolute atomic E-state index is 13.0. The third-order valence-corrected chi connectivity index (χ3v) is 6.08. The highest BCUT2D eigenvalue weighted by atomic mass is 32.2. The van der Waals surface area contributed by atoms with Crippen molar-refractivity contribution < 1.29 is 17.9 Å². The molecule has 0 aliphatic carbocycles. The molecule has 0 saturated carbocycles. The first-order valence-corrected chi connectivity index (χ1v) is 11.0. The van der Waals surface area contributed by atoms with Gasteiger partial charge >= 0.3 is 0 Å². The third-order valence-electron chi connectivity index (χ3n) is 4.70. The molecule has 0 heterocycles. The zero-order valence-electron chi connectivity index (χ0n) is 16.8. The minimum atomic E-state index is -3.81. The Morgan fingerprint density at radius 2 is 1.57 bits per heavy atom. The smallest absolute Gasteiger partial charge is 0.261 e. The molecule has 156 valence electrons. The number of carbonyl (C=O) groups is 1. The number of hydrogen-bond donors (Lipinski definition) is 2. The first-order valence-electron chi connectivity index (χ1n) is 9.56. The van der Waals surface area contributed by atoms with Crippen molar-refractivity contribution in [2.45, 2.75) is 24.3 Å². The lowest BCUT2D eigenvalue weighted by Gasteiger charge is -2.19. The van der Waals surface area contributed by atoms with Gasteiger partial charge in [0, 0.05) is 0 Å². The maximum atomic E-state index is 13.0. The van der Waals surface area contributed by atoms with Crippen molar-refractivity contribution in [2.75, 3.05) is 11.8 Å². The van der Waals surface area contributed by atoms with Gasteiger partial charge in [-0.3, -0.25) is 9.52 Å². The summed E-state index contributed by atoms with van der Waals surface area (Å²) >= 11 is 0. The Labute approximate surface area is 177 Å². The highest BCUT2D eigenvalue weighted by Gasteiger charge is 2.20. The van der Waals surface area contributed by atoms with Gasteiger partial charge in [-0.25, -0.2) is 8.42 Å². The van der Waals surface area contributed by atoms with E-state index >= 15 is 0 Å². The third kappa shape index (κ3) is 4.99. The van der Waals surface area contributed by atoms with Crippen molar-refractivity contribution in [1.29, 1.82) is 0 Å². The first kappa shape index (κ1) is 21.4. The number of ether oxygens (including phenoxy) is 1. The molecule has 0 radical (unpaired) electrons. The summed E-state index contributed by atoms with van der Waals surface area (Å²) in [5.41, 5.74) is 1.42. The molecule has 6 nitrogen and oxygen atoms in total. The Hall–Kier alpha value is -3.32. The number of carbonyl (C=O) groups excluding carboxylic acids is 1. The van der Waals surface area contributed by atoms with E-state index in [1.807, 2.05) is 31.2 Å². The van der Waals surface area contributed by atoms with Crippen LogP contribution in [0.5, 0.6) is 5.75 Å². The van der Waals surface area contributed by atoms with Crippen LogP contribution in [0, 0.1) is 0 Å². The van der Waals surface area contributed by atoms with Crippen molar-refractivity contribution in [2.24, 2.45) is 0 Å². The van der Waals surface area contributed by atoms with E-state index in [0.29, 0.717) is 6.42 Å². The maximum Gasteiger partial charge on any atom is 0.261 e. The van der Waals surface area contributed by atoms with Gasteiger partial charge in [-0.05, 0) is 48.4 Å². The summed E-state index contributed by atoms with van der Waals surface area (Å²) < 4.78 is 33.1. The van der Waals surface area contributed by atoms with Crippen LogP contribution in [0.4, 0.5) is 5.69 Å². The van der Waals surface area contributed by atoms with E-state index in [2.05, 4.69) is 10.0 Å². The summed E-state index contributed by atoms with van der Waals surface area (Å²) in [7, 11) is -2.21. The second-order valence-corrected chi connectivity index (χ2v) is 8.35. The molecular weight excluding hydrogens is 400 g/mol. The molecule has 0 aliphatic heterocycles. The normalized spacial score (nSPS) is 12.1. The zero-order chi connectivity index (χ0) is 21.6. The molecule has 0 spiro atoms. The second kappa shape index (κ2) is 9.45. The predicted molar refractivity (Wildman–Crippen MR) is 117 cm³/mol. The van der Waals surface area contributed by atoms with Gasteiger partial charge in [-0.15, -0.1) is 0 Å². The number of methoxy groups -OCH3 is 1. The lowest BCUT2D eigenvalue weighted by Crippen LogP contribution is -2.29. The van der Waals surface area contributed by atoms with E-state index in [1.165, 1.54) is 12.1 Å². The highest BCUT2D eigenvalue weighted by molar-refractivity contribution is 7.92. The molecule has 0 aliphatic rings. The SMILES string of the molecule is CC[C@@H](NC(=O)c1ccccc1NS(=O)(=O)c1ccccc1)c1ccc(OC)cc1. The van der Waals surface area contributed by atoms with E-state index in [9.17, 15) is 13.2 Å². The summed E-state index contributed by atoms with van der Waals surface area (Å²) in [5, 5.41) is 2.99. The van der Waals surface area contributed by atoms with Crippen LogP contribution in [-0.4, -0.2) is 21.4 Å². The van der Waals surface area contributed by atoms with Gasteiger partial charge in [0.15, 0.2) is 0 Å². The van der Waals surface area contributed by atoms with Crippen molar-refractivity contribution in [3.8, 4) is 5.75 Å². The summed E-state index contributed by atoms with van der Waals surface area (Å²) in [6.45, 7) is 1.97. The minimum Gasteiger partial charge on any atom is -0.497 e. The molecule has 1 amide bonds. The van der Waals surface area contributed by atoms with Gasteiger partial charge in [-0.2, -0.15) is 0 Å². The van der Waals surface area contributed by atoms with Crippen LogP contribution >= 0.6 is 0 Å². The molecule has 30 heavy (non-hydrogen) atoms. The fraction of sp³-hybridized carbons (Fsp3) is 0.174. The van der Waals surface area contributed by atoms with Crippen LogP contribution in [-0.2, 0) is 10.0 Å². The Morgan fingerprint density at radius 1 is 0.933 bits per heavy atom. The molecule has 2 N–H and O–H groups in total. The molecule has 0 aromatic heterocycles. The Bertz CT molecular complexity index is 1100. The van der Waals surface area contributed by atoms with Crippen LogP contribution < -0.4 is 14.8 Å². The van der Waals surface area contributed by atoms with E-state index in [1.54, 1.807) is 49.6 Å². The highest BCUT2D eigenvalue weighted by Crippen LogP contribution is 2.23. The summed E-state index contributed by atoms with van der Waals surface area (Å²) in [6.07, 6.45) is 0.677. The van der Waals surface area contributed by atoms with Gasteiger partial charge in [0.2, 0.25) is 0 Å². The van der Waals surface area contributed by atoms with Crippen molar-refractivity contribution in [1.82, 2.24) is 5.32 Å². The fourth-order valence-corrected chi connectivity index (χ4v) is 4.17. The summed E-state index contributed by atoms with van der Waals surface area (Å²) in [6, 6.07) is 21.8. The summed E-state index contributed by atoms with van der Waals surface area (Å²) in [4.78, 5) is 13.1. The topological polar surface area (TPSA) is 84.5 Å².